The van der Waals surface area contributed by atoms with Gasteiger partial charge in [0, 0.05) is 29.7 Å². The summed E-state index contributed by atoms with van der Waals surface area (Å²) in [7, 11) is 1.44. The van der Waals surface area contributed by atoms with E-state index in [9.17, 15) is 22.8 Å². The molecule has 1 amide bonds. The van der Waals surface area contributed by atoms with Crippen molar-refractivity contribution in [2.24, 2.45) is 5.92 Å². The van der Waals surface area contributed by atoms with Crippen LogP contribution >= 0.6 is 0 Å². The van der Waals surface area contributed by atoms with Gasteiger partial charge >= 0.3 is 12.1 Å². The number of halogens is 3. The molecule has 1 atom stereocenters. The highest BCUT2D eigenvalue weighted by Crippen LogP contribution is 2.39. The highest BCUT2D eigenvalue weighted by atomic mass is 19.4. The number of amides is 1. The van der Waals surface area contributed by atoms with Crippen LogP contribution in [0.1, 0.15) is 24.0 Å². The van der Waals surface area contributed by atoms with Gasteiger partial charge in [0.25, 0.3) is 0 Å². The maximum Gasteiger partial charge on any atom is 0.416 e. The molecule has 0 spiro atoms. The fourth-order valence-electron chi connectivity index (χ4n) is 3.27. The number of methoxy groups -OCH3 is 1. The van der Waals surface area contributed by atoms with Crippen LogP contribution in [0.5, 0.6) is 5.75 Å². The first-order valence-corrected chi connectivity index (χ1v) is 8.60. The average molecular weight is 393 g/mol. The van der Waals surface area contributed by atoms with Crippen molar-refractivity contribution < 1.29 is 32.6 Å². The number of anilines is 1. The summed E-state index contributed by atoms with van der Waals surface area (Å²) in [5.74, 6) is -1.28. The molecule has 2 aromatic carbocycles. The lowest BCUT2D eigenvalue weighted by Gasteiger charge is -2.26. The number of benzene rings is 2. The van der Waals surface area contributed by atoms with Crippen molar-refractivity contribution in [3.63, 3.8) is 0 Å². The number of carbonyl (C=O) groups excluding carboxylic acids is 1. The van der Waals surface area contributed by atoms with Crippen molar-refractivity contribution in [2.75, 3.05) is 12.4 Å². The van der Waals surface area contributed by atoms with Gasteiger partial charge in [0.2, 0.25) is 5.91 Å². The molecule has 0 aliphatic carbocycles. The summed E-state index contributed by atoms with van der Waals surface area (Å²) in [6, 6.07) is 8.15. The van der Waals surface area contributed by atoms with E-state index >= 15 is 0 Å². The summed E-state index contributed by atoms with van der Waals surface area (Å²) >= 11 is 0. The molecule has 0 saturated heterocycles. The fraction of sp³-hybridized carbons (Fsp3) is 0.300. The lowest BCUT2D eigenvalue weighted by molar-refractivity contribution is -0.138. The van der Waals surface area contributed by atoms with E-state index in [-0.39, 0.29) is 18.7 Å². The Kier molecular flexibility index (Phi) is 5.31. The third-order valence-corrected chi connectivity index (χ3v) is 4.75. The highest BCUT2D eigenvalue weighted by molar-refractivity contribution is 5.97. The summed E-state index contributed by atoms with van der Waals surface area (Å²) in [5, 5.41) is 11.6. The quantitative estimate of drug-likeness (QED) is 0.792. The summed E-state index contributed by atoms with van der Waals surface area (Å²) in [5.41, 5.74) is 1.75. The van der Waals surface area contributed by atoms with Gasteiger partial charge in [-0.1, -0.05) is 12.1 Å². The van der Waals surface area contributed by atoms with E-state index in [1.165, 1.54) is 19.2 Å². The normalized spacial score (nSPS) is 16.3. The third kappa shape index (κ3) is 4.11. The predicted octanol–water partition coefficient (Wildman–Crippen LogP) is 4.36. The molecule has 148 valence electrons. The molecule has 0 radical (unpaired) electrons. The van der Waals surface area contributed by atoms with Crippen molar-refractivity contribution in [3.05, 3.63) is 47.5 Å². The minimum absolute atomic E-state index is 0.116. The number of hydrogen-bond acceptors (Lipinski definition) is 3. The fourth-order valence-corrected chi connectivity index (χ4v) is 3.27. The number of carbonyl (C=O) groups is 2. The molecule has 2 aromatic rings. The van der Waals surface area contributed by atoms with E-state index in [0.717, 1.165) is 17.7 Å². The second-order valence-electron chi connectivity index (χ2n) is 6.61. The standard InChI is InChI=1S/C20H18F3NO4/c1-28-17-10-16-13(8-12(19(27)24-16)4-7-18(25)26)9-15(17)11-2-5-14(6-3-11)20(21,22)23/h2-3,5-6,9-10,12H,4,7-8H2,1H3,(H,24,27)(H,25,26). The molecule has 1 unspecified atom stereocenters. The lowest BCUT2D eigenvalue weighted by Crippen LogP contribution is -2.30. The third-order valence-electron chi connectivity index (χ3n) is 4.75. The van der Waals surface area contributed by atoms with E-state index in [1.54, 1.807) is 12.1 Å². The summed E-state index contributed by atoms with van der Waals surface area (Å²) in [4.78, 5) is 23.0. The van der Waals surface area contributed by atoms with Crippen LogP contribution in [-0.4, -0.2) is 24.1 Å². The molecule has 2 N–H and O–H groups in total. The smallest absolute Gasteiger partial charge is 0.416 e. The Balaban J connectivity index is 1.95. The van der Waals surface area contributed by atoms with Crippen LogP contribution in [0.3, 0.4) is 0 Å². The van der Waals surface area contributed by atoms with Gasteiger partial charge in [0.15, 0.2) is 0 Å². The van der Waals surface area contributed by atoms with Crippen LogP contribution in [-0.2, 0) is 22.2 Å². The van der Waals surface area contributed by atoms with E-state index in [4.69, 9.17) is 9.84 Å². The van der Waals surface area contributed by atoms with Crippen molar-refractivity contribution >= 4 is 17.6 Å². The van der Waals surface area contributed by atoms with Gasteiger partial charge in [0.05, 0.1) is 12.7 Å². The largest absolute Gasteiger partial charge is 0.496 e. The van der Waals surface area contributed by atoms with Gasteiger partial charge in [-0.05, 0) is 42.2 Å². The number of carboxylic acids is 1. The average Bonchev–Trinajstić information content (AvgIpc) is 2.64. The second-order valence-corrected chi connectivity index (χ2v) is 6.61. The molecular weight excluding hydrogens is 375 g/mol. The number of fused-ring (bicyclic) bond motifs is 1. The number of rotatable bonds is 5. The second kappa shape index (κ2) is 7.53. The lowest BCUT2D eigenvalue weighted by atomic mass is 9.87. The summed E-state index contributed by atoms with van der Waals surface area (Å²) in [6.45, 7) is 0. The van der Waals surface area contributed by atoms with Gasteiger partial charge in [-0.25, -0.2) is 0 Å². The number of carboxylic acid groups (broad SMARTS) is 1. The van der Waals surface area contributed by atoms with E-state index in [0.29, 0.717) is 29.0 Å². The Morgan fingerprint density at radius 2 is 1.93 bits per heavy atom. The number of ether oxygens (including phenoxy) is 1. The monoisotopic (exact) mass is 393 g/mol. The van der Waals surface area contributed by atoms with Crippen molar-refractivity contribution in [3.8, 4) is 16.9 Å². The van der Waals surface area contributed by atoms with Gasteiger partial charge in [-0.3, -0.25) is 9.59 Å². The van der Waals surface area contributed by atoms with E-state index in [2.05, 4.69) is 5.32 Å². The molecule has 0 fully saturated rings. The Morgan fingerprint density at radius 3 is 2.50 bits per heavy atom. The van der Waals surface area contributed by atoms with Crippen molar-refractivity contribution in [2.45, 2.75) is 25.4 Å². The molecule has 1 heterocycles. The number of aliphatic carboxylic acids is 1. The predicted molar refractivity (Wildman–Crippen MR) is 96.1 cm³/mol. The maximum atomic E-state index is 12.8. The Hall–Kier alpha value is -3.03. The Labute approximate surface area is 159 Å². The van der Waals surface area contributed by atoms with Gasteiger partial charge in [-0.15, -0.1) is 0 Å². The van der Waals surface area contributed by atoms with Crippen LogP contribution in [0.4, 0.5) is 18.9 Å². The van der Waals surface area contributed by atoms with Crippen LogP contribution in [0.2, 0.25) is 0 Å². The molecule has 3 rings (SSSR count). The van der Waals surface area contributed by atoms with Gasteiger partial charge < -0.3 is 15.2 Å². The highest BCUT2D eigenvalue weighted by Gasteiger charge is 2.31. The molecule has 0 saturated carbocycles. The van der Waals surface area contributed by atoms with Crippen molar-refractivity contribution in [1.82, 2.24) is 0 Å². The molecule has 8 heteroatoms. The summed E-state index contributed by atoms with van der Waals surface area (Å²) < 4.78 is 43.7. The number of hydrogen-bond donors (Lipinski definition) is 2. The first kappa shape index (κ1) is 19.7. The Bertz CT molecular complexity index is 907. The molecule has 0 bridgehead atoms. The van der Waals surface area contributed by atoms with E-state index < -0.39 is 23.6 Å². The topological polar surface area (TPSA) is 75.6 Å². The first-order valence-electron chi connectivity index (χ1n) is 8.60. The zero-order valence-electron chi connectivity index (χ0n) is 15.0. The van der Waals surface area contributed by atoms with Crippen LogP contribution in [0.25, 0.3) is 11.1 Å². The number of nitrogens with one attached hydrogen (secondary N) is 1. The molecule has 5 nitrogen and oxygen atoms in total. The zero-order chi connectivity index (χ0) is 20.5. The molecular formula is C20H18F3NO4. The van der Waals surface area contributed by atoms with Crippen LogP contribution in [0, 0.1) is 5.92 Å². The molecule has 28 heavy (non-hydrogen) atoms. The van der Waals surface area contributed by atoms with Gasteiger partial charge in [-0.2, -0.15) is 13.2 Å². The zero-order valence-corrected chi connectivity index (χ0v) is 15.0. The van der Waals surface area contributed by atoms with Crippen LogP contribution in [0.15, 0.2) is 36.4 Å². The number of alkyl halides is 3. The first-order chi connectivity index (χ1) is 13.2. The maximum absolute atomic E-state index is 12.8. The van der Waals surface area contributed by atoms with Crippen LogP contribution < -0.4 is 10.1 Å². The van der Waals surface area contributed by atoms with Crippen molar-refractivity contribution in [1.29, 1.82) is 0 Å². The van der Waals surface area contributed by atoms with Gasteiger partial charge in [0.1, 0.15) is 5.75 Å². The van der Waals surface area contributed by atoms with E-state index in [1.807, 2.05) is 0 Å². The molecule has 1 aliphatic rings. The summed E-state index contributed by atoms with van der Waals surface area (Å²) in [6.07, 6.45) is -3.97. The minimum atomic E-state index is -4.42. The Morgan fingerprint density at radius 1 is 1.25 bits per heavy atom. The molecule has 0 aromatic heterocycles. The molecule has 1 aliphatic heterocycles. The minimum Gasteiger partial charge on any atom is -0.496 e. The SMILES string of the molecule is COc1cc2c(cc1-c1ccc(C(F)(F)F)cc1)CC(CCC(=O)O)C(=O)N2.